The number of benzene rings is 1. The van der Waals surface area contributed by atoms with Gasteiger partial charge in [0.15, 0.2) is 5.82 Å². The van der Waals surface area contributed by atoms with Crippen molar-refractivity contribution in [3.63, 3.8) is 0 Å². The molecule has 1 amide bonds. The molecule has 1 aromatic heterocycles. The molecule has 1 N–H and O–H groups in total. The predicted molar refractivity (Wildman–Crippen MR) is 96.3 cm³/mol. The zero-order chi connectivity index (χ0) is 17.9. The van der Waals surface area contributed by atoms with Gasteiger partial charge in [-0.1, -0.05) is 25.0 Å². The number of ether oxygens (including phenoxy) is 1. The Morgan fingerprint density at radius 2 is 1.96 bits per heavy atom. The molecule has 1 fully saturated rings. The summed E-state index contributed by atoms with van der Waals surface area (Å²) in [5, 5.41) is 7.35. The predicted octanol–water partition coefficient (Wildman–Crippen LogP) is 2.73. The number of carbonyl (C=O) groups excluding carboxylic acids is 1. The van der Waals surface area contributed by atoms with Crippen LogP contribution in [0.25, 0.3) is 11.4 Å². The van der Waals surface area contributed by atoms with Gasteiger partial charge in [-0.05, 0) is 31.9 Å². The van der Waals surface area contributed by atoms with Gasteiger partial charge < -0.3 is 10.1 Å². The molecule has 3 rings (SSSR count). The summed E-state index contributed by atoms with van der Waals surface area (Å²) in [5.74, 6) is 1.50. The summed E-state index contributed by atoms with van der Waals surface area (Å²) in [4.78, 5) is 16.9. The highest BCUT2D eigenvalue weighted by atomic mass is 16.5. The molecule has 0 atom stereocenters. The molecular weight excluding hydrogens is 316 g/mol. The van der Waals surface area contributed by atoms with Crippen molar-refractivity contribution in [3.8, 4) is 11.4 Å². The highest BCUT2D eigenvalue weighted by molar-refractivity contribution is 5.94. The van der Waals surface area contributed by atoms with Gasteiger partial charge in [0, 0.05) is 37.2 Å². The minimum absolute atomic E-state index is 0.0388. The average Bonchev–Trinajstić information content (AvgIpc) is 3.20. The van der Waals surface area contributed by atoms with Gasteiger partial charge in [-0.25, -0.2) is 9.67 Å². The van der Waals surface area contributed by atoms with Crippen LogP contribution in [0.15, 0.2) is 24.3 Å². The first-order valence-corrected chi connectivity index (χ1v) is 8.78. The smallest absolute Gasteiger partial charge is 0.251 e. The zero-order valence-electron chi connectivity index (χ0n) is 15.2. The second-order valence-corrected chi connectivity index (χ2v) is 7.01. The van der Waals surface area contributed by atoms with Crippen LogP contribution in [-0.2, 0) is 11.8 Å². The van der Waals surface area contributed by atoms with Gasteiger partial charge in [-0.3, -0.25) is 4.79 Å². The van der Waals surface area contributed by atoms with Crippen molar-refractivity contribution >= 4 is 5.91 Å². The minimum Gasteiger partial charge on any atom is -0.384 e. The third-order valence-corrected chi connectivity index (χ3v) is 5.01. The summed E-state index contributed by atoms with van der Waals surface area (Å²) in [5.41, 5.74) is 1.71. The number of rotatable bonds is 6. The fourth-order valence-electron chi connectivity index (χ4n) is 3.71. The van der Waals surface area contributed by atoms with E-state index in [4.69, 9.17) is 4.74 Å². The Morgan fingerprint density at radius 3 is 2.52 bits per heavy atom. The van der Waals surface area contributed by atoms with E-state index in [1.165, 1.54) is 12.8 Å². The molecule has 1 aliphatic rings. The Labute approximate surface area is 148 Å². The number of hydrogen-bond acceptors (Lipinski definition) is 4. The fourth-order valence-corrected chi connectivity index (χ4v) is 3.71. The highest BCUT2D eigenvalue weighted by Crippen LogP contribution is 2.37. The number of aryl methyl sites for hydroxylation is 2. The molecule has 0 radical (unpaired) electrons. The first-order chi connectivity index (χ1) is 12.0. The van der Waals surface area contributed by atoms with Crippen LogP contribution >= 0.6 is 0 Å². The Morgan fingerprint density at radius 1 is 1.28 bits per heavy atom. The molecule has 1 aromatic carbocycles. The number of nitrogens with zero attached hydrogens (tertiary/aromatic N) is 3. The van der Waals surface area contributed by atoms with E-state index in [1.54, 1.807) is 11.8 Å². The van der Waals surface area contributed by atoms with E-state index in [9.17, 15) is 4.79 Å². The zero-order valence-corrected chi connectivity index (χ0v) is 15.2. The van der Waals surface area contributed by atoms with Gasteiger partial charge in [-0.15, -0.1) is 0 Å². The number of carbonyl (C=O) groups is 1. The largest absolute Gasteiger partial charge is 0.384 e. The van der Waals surface area contributed by atoms with Gasteiger partial charge in [0.2, 0.25) is 0 Å². The topological polar surface area (TPSA) is 69.0 Å². The Hall–Kier alpha value is -2.21. The first kappa shape index (κ1) is 17.6. The lowest BCUT2D eigenvalue weighted by Gasteiger charge is -2.28. The summed E-state index contributed by atoms with van der Waals surface area (Å²) >= 11 is 0. The van der Waals surface area contributed by atoms with E-state index in [-0.39, 0.29) is 11.3 Å². The molecule has 1 saturated carbocycles. The third-order valence-electron chi connectivity index (χ3n) is 5.01. The molecule has 0 aliphatic heterocycles. The summed E-state index contributed by atoms with van der Waals surface area (Å²) in [6, 6.07) is 7.51. The Balaban J connectivity index is 1.65. The first-order valence-electron chi connectivity index (χ1n) is 8.78. The third kappa shape index (κ3) is 3.90. The summed E-state index contributed by atoms with van der Waals surface area (Å²) in [6.45, 7) is 3.24. The number of hydrogen-bond donors (Lipinski definition) is 1. The summed E-state index contributed by atoms with van der Waals surface area (Å²) < 4.78 is 7.13. The fraction of sp³-hybridized carbons (Fsp3) is 0.526. The molecule has 0 unspecified atom stereocenters. The van der Waals surface area contributed by atoms with E-state index < -0.39 is 0 Å². The van der Waals surface area contributed by atoms with E-state index in [0.29, 0.717) is 18.7 Å². The SMILES string of the molecule is COCC1(CNC(=O)c2ccc(-c3nc(C)nn3C)cc2)CCCC1. The molecule has 1 aliphatic carbocycles. The monoisotopic (exact) mass is 342 g/mol. The quantitative estimate of drug-likeness (QED) is 0.876. The van der Waals surface area contributed by atoms with Crippen LogP contribution in [0.5, 0.6) is 0 Å². The molecule has 1 heterocycles. The van der Waals surface area contributed by atoms with Gasteiger partial charge in [-0.2, -0.15) is 5.10 Å². The van der Waals surface area contributed by atoms with E-state index >= 15 is 0 Å². The normalized spacial score (nSPS) is 16.1. The lowest BCUT2D eigenvalue weighted by atomic mass is 9.87. The van der Waals surface area contributed by atoms with Gasteiger partial charge in [0.1, 0.15) is 5.82 Å². The second-order valence-electron chi connectivity index (χ2n) is 7.01. The van der Waals surface area contributed by atoms with Crippen molar-refractivity contribution in [1.29, 1.82) is 0 Å². The van der Waals surface area contributed by atoms with Crippen LogP contribution in [0.3, 0.4) is 0 Å². The number of amides is 1. The minimum atomic E-state index is -0.0388. The molecule has 0 bridgehead atoms. The molecule has 6 heteroatoms. The van der Waals surface area contributed by atoms with Gasteiger partial charge >= 0.3 is 0 Å². The molecular formula is C19H26N4O2. The number of nitrogens with one attached hydrogen (secondary N) is 1. The van der Waals surface area contributed by atoms with Crippen LogP contribution in [0.1, 0.15) is 41.9 Å². The summed E-state index contributed by atoms with van der Waals surface area (Å²) in [7, 11) is 3.60. The average molecular weight is 342 g/mol. The van der Waals surface area contributed by atoms with Crippen molar-refractivity contribution < 1.29 is 9.53 Å². The maximum atomic E-state index is 12.5. The maximum absolute atomic E-state index is 12.5. The van der Waals surface area contributed by atoms with Crippen molar-refractivity contribution in [2.24, 2.45) is 12.5 Å². The number of aromatic nitrogens is 3. The van der Waals surface area contributed by atoms with Gasteiger partial charge in [0.05, 0.1) is 6.61 Å². The highest BCUT2D eigenvalue weighted by Gasteiger charge is 2.34. The Kier molecular flexibility index (Phi) is 5.18. The van der Waals surface area contributed by atoms with Crippen molar-refractivity contribution in [2.75, 3.05) is 20.3 Å². The van der Waals surface area contributed by atoms with E-state index in [1.807, 2.05) is 38.2 Å². The van der Waals surface area contributed by atoms with E-state index in [0.717, 1.165) is 30.1 Å². The van der Waals surface area contributed by atoms with Crippen LogP contribution in [0.4, 0.5) is 0 Å². The van der Waals surface area contributed by atoms with E-state index in [2.05, 4.69) is 15.4 Å². The standard InChI is InChI=1S/C19H26N4O2/c1-14-21-17(23(2)22-14)15-6-8-16(9-7-15)18(24)20-12-19(13-25-3)10-4-5-11-19/h6-9H,4-5,10-13H2,1-3H3,(H,20,24). The lowest BCUT2D eigenvalue weighted by molar-refractivity contribution is 0.0740. The van der Waals surface area contributed by atoms with Crippen LogP contribution in [0, 0.1) is 12.3 Å². The molecule has 134 valence electrons. The molecule has 6 nitrogen and oxygen atoms in total. The maximum Gasteiger partial charge on any atom is 0.251 e. The summed E-state index contributed by atoms with van der Waals surface area (Å²) in [6.07, 6.45) is 4.66. The lowest BCUT2D eigenvalue weighted by Crippen LogP contribution is -2.38. The number of methoxy groups -OCH3 is 1. The van der Waals surface area contributed by atoms with Crippen LogP contribution in [-0.4, -0.2) is 40.9 Å². The van der Waals surface area contributed by atoms with Crippen LogP contribution < -0.4 is 5.32 Å². The van der Waals surface area contributed by atoms with Gasteiger partial charge in [0.25, 0.3) is 5.91 Å². The Bertz CT molecular complexity index is 730. The van der Waals surface area contributed by atoms with Crippen molar-refractivity contribution in [1.82, 2.24) is 20.1 Å². The van der Waals surface area contributed by atoms with Crippen molar-refractivity contribution in [3.05, 3.63) is 35.7 Å². The molecule has 0 spiro atoms. The molecule has 2 aromatic rings. The molecule has 0 saturated heterocycles. The van der Waals surface area contributed by atoms with Crippen LogP contribution in [0.2, 0.25) is 0 Å². The second kappa shape index (κ2) is 7.35. The van der Waals surface area contributed by atoms with Crippen molar-refractivity contribution in [2.45, 2.75) is 32.6 Å². The molecule has 25 heavy (non-hydrogen) atoms.